The number of carbonyl (C=O) groups excluding carboxylic acids is 1. The number of carbonyl (C=O) groups is 1. The highest BCUT2D eigenvalue weighted by molar-refractivity contribution is 5.95. The van der Waals surface area contributed by atoms with E-state index in [0.29, 0.717) is 19.0 Å². The van der Waals surface area contributed by atoms with Crippen molar-refractivity contribution in [2.45, 2.75) is 31.4 Å². The topological polar surface area (TPSA) is 96.0 Å². The lowest BCUT2D eigenvalue weighted by molar-refractivity contribution is -0.247. The summed E-state index contributed by atoms with van der Waals surface area (Å²) in [5.74, 6) is -0.270. The van der Waals surface area contributed by atoms with Crippen LogP contribution in [0.3, 0.4) is 0 Å². The van der Waals surface area contributed by atoms with Crippen molar-refractivity contribution in [1.82, 2.24) is 4.98 Å². The predicted molar refractivity (Wildman–Crippen MR) is 106 cm³/mol. The van der Waals surface area contributed by atoms with Gasteiger partial charge in [0.15, 0.2) is 5.78 Å². The van der Waals surface area contributed by atoms with E-state index in [9.17, 15) is 9.18 Å². The van der Waals surface area contributed by atoms with Crippen LogP contribution < -0.4 is 10.5 Å². The summed E-state index contributed by atoms with van der Waals surface area (Å²) in [6.45, 7) is 5.27. The van der Waals surface area contributed by atoms with Crippen LogP contribution in [-0.2, 0) is 21.4 Å². The second-order valence-corrected chi connectivity index (χ2v) is 8.56. The summed E-state index contributed by atoms with van der Waals surface area (Å²) in [5, 5.41) is 0. The number of amidine groups is 1. The molecule has 1 unspecified atom stereocenters. The first-order chi connectivity index (χ1) is 14.3. The van der Waals surface area contributed by atoms with Crippen molar-refractivity contribution in [2.75, 3.05) is 19.8 Å². The molecule has 1 saturated heterocycles. The lowest BCUT2D eigenvalue weighted by atomic mass is 9.55. The molecular formula is C22H22FN3O4. The third kappa shape index (κ3) is 2.49. The van der Waals surface area contributed by atoms with E-state index in [-0.39, 0.29) is 30.5 Å². The van der Waals surface area contributed by atoms with Crippen LogP contribution in [-0.4, -0.2) is 42.2 Å². The Morgan fingerprint density at radius 1 is 1.20 bits per heavy atom. The van der Waals surface area contributed by atoms with E-state index in [2.05, 4.69) is 4.98 Å². The summed E-state index contributed by atoms with van der Waals surface area (Å²) in [6, 6.07) is 9.91. The molecule has 0 bridgehead atoms. The first-order valence-electron chi connectivity index (χ1n) is 9.80. The number of Topliss-reactive ketones (excluding diaryl/α,β-unsaturated/α-hetero) is 1. The van der Waals surface area contributed by atoms with Gasteiger partial charge in [0.2, 0.25) is 5.95 Å². The molecule has 0 aliphatic carbocycles. The molecule has 0 radical (unpaired) electrons. The van der Waals surface area contributed by atoms with Crippen LogP contribution in [0.4, 0.5) is 4.39 Å². The number of pyridine rings is 1. The quantitative estimate of drug-likeness (QED) is 0.615. The van der Waals surface area contributed by atoms with Gasteiger partial charge in [-0.2, -0.15) is 4.39 Å². The monoisotopic (exact) mass is 411 g/mol. The van der Waals surface area contributed by atoms with Crippen LogP contribution in [0.25, 0.3) is 0 Å². The van der Waals surface area contributed by atoms with Gasteiger partial charge in [0.25, 0.3) is 6.02 Å². The van der Waals surface area contributed by atoms with Gasteiger partial charge >= 0.3 is 0 Å². The highest BCUT2D eigenvalue weighted by Crippen LogP contribution is 2.62. The highest BCUT2D eigenvalue weighted by atomic mass is 19.1. The van der Waals surface area contributed by atoms with Crippen molar-refractivity contribution >= 4 is 11.8 Å². The zero-order valence-electron chi connectivity index (χ0n) is 16.8. The Balaban J connectivity index is 1.57. The molecule has 0 saturated carbocycles. The minimum atomic E-state index is -0.761. The molecule has 30 heavy (non-hydrogen) atoms. The summed E-state index contributed by atoms with van der Waals surface area (Å²) in [4.78, 5) is 21.1. The van der Waals surface area contributed by atoms with Gasteiger partial charge < -0.3 is 19.9 Å². The molecule has 2 N–H and O–H groups in total. The molecule has 4 heterocycles. The SMILES string of the molecule is CC1(C)Oc2ccc(CC(=O)c3cccc(F)n3)cc2C2(COC(N)=N2)C12COC2. The molecule has 156 valence electrons. The molecule has 1 atom stereocenters. The Morgan fingerprint density at radius 2 is 2.00 bits per heavy atom. The fourth-order valence-electron chi connectivity index (χ4n) is 4.77. The average molecular weight is 411 g/mol. The van der Waals surface area contributed by atoms with Crippen molar-refractivity contribution in [3.63, 3.8) is 0 Å². The summed E-state index contributed by atoms with van der Waals surface area (Å²) in [5.41, 5.74) is 5.85. The smallest absolute Gasteiger partial charge is 0.283 e. The fraction of sp³-hybridized carbons (Fsp3) is 0.409. The van der Waals surface area contributed by atoms with Gasteiger partial charge in [0.05, 0.1) is 18.6 Å². The van der Waals surface area contributed by atoms with Crippen molar-refractivity contribution in [3.8, 4) is 5.75 Å². The minimum absolute atomic E-state index is 0.0762. The normalized spacial score (nSPS) is 25.1. The van der Waals surface area contributed by atoms with E-state index < -0.39 is 22.5 Å². The molecule has 1 aromatic carbocycles. The standard InChI is InChI=1S/C22H22FN3O4/c1-20(2)21(10-28-11-21)22(12-29-19(24)26-22)14-8-13(6-7-17(14)30-20)9-16(27)15-4-3-5-18(23)25-15/h3-8H,9-12H2,1-2H3,(H2,24,26). The molecule has 1 fully saturated rings. The number of nitrogens with two attached hydrogens (primary N) is 1. The lowest BCUT2D eigenvalue weighted by Gasteiger charge is -2.61. The fourth-order valence-corrected chi connectivity index (χ4v) is 4.77. The Kier molecular flexibility index (Phi) is 3.96. The number of aromatic nitrogens is 1. The Hall–Kier alpha value is -3.00. The molecule has 8 heteroatoms. The van der Waals surface area contributed by atoms with E-state index in [0.717, 1.165) is 11.1 Å². The van der Waals surface area contributed by atoms with Gasteiger partial charge in [0, 0.05) is 12.0 Å². The summed E-state index contributed by atoms with van der Waals surface area (Å²) in [6.07, 6.45) is 0.0762. The molecule has 5 rings (SSSR count). The second kappa shape index (κ2) is 6.25. The van der Waals surface area contributed by atoms with Crippen LogP contribution >= 0.6 is 0 Å². The zero-order valence-corrected chi connectivity index (χ0v) is 16.8. The van der Waals surface area contributed by atoms with Crippen molar-refractivity contribution in [2.24, 2.45) is 16.1 Å². The number of hydrogen-bond donors (Lipinski definition) is 1. The Bertz CT molecular complexity index is 1080. The third-order valence-corrected chi connectivity index (χ3v) is 6.59. The minimum Gasteiger partial charge on any atom is -0.487 e. The first kappa shape index (κ1) is 19.0. The molecule has 2 aromatic rings. The van der Waals surface area contributed by atoms with Crippen LogP contribution in [0.2, 0.25) is 0 Å². The number of hydrogen-bond acceptors (Lipinski definition) is 7. The number of halogens is 1. The maximum Gasteiger partial charge on any atom is 0.283 e. The van der Waals surface area contributed by atoms with Gasteiger partial charge in [-0.3, -0.25) is 4.79 Å². The van der Waals surface area contributed by atoms with Crippen molar-refractivity contribution in [3.05, 3.63) is 59.2 Å². The van der Waals surface area contributed by atoms with Gasteiger partial charge in [0.1, 0.15) is 29.2 Å². The van der Waals surface area contributed by atoms with E-state index in [1.165, 1.54) is 18.2 Å². The van der Waals surface area contributed by atoms with Crippen LogP contribution in [0.1, 0.15) is 35.5 Å². The summed E-state index contributed by atoms with van der Waals surface area (Å²) in [7, 11) is 0. The molecular weight excluding hydrogens is 389 g/mol. The molecule has 3 aliphatic rings. The van der Waals surface area contributed by atoms with Crippen LogP contribution in [0.5, 0.6) is 5.75 Å². The van der Waals surface area contributed by atoms with E-state index in [1.54, 1.807) is 0 Å². The third-order valence-electron chi connectivity index (χ3n) is 6.59. The van der Waals surface area contributed by atoms with Crippen molar-refractivity contribution < 1.29 is 23.4 Å². The van der Waals surface area contributed by atoms with E-state index in [1.807, 2.05) is 32.0 Å². The number of benzene rings is 1. The number of nitrogens with zero attached hydrogens (tertiary/aromatic N) is 2. The Labute approximate surface area is 173 Å². The average Bonchev–Trinajstić information content (AvgIpc) is 3.03. The van der Waals surface area contributed by atoms with Gasteiger partial charge in [-0.1, -0.05) is 12.1 Å². The molecule has 2 spiro atoms. The van der Waals surface area contributed by atoms with Crippen LogP contribution in [0, 0.1) is 11.4 Å². The van der Waals surface area contributed by atoms with E-state index >= 15 is 0 Å². The number of fused-ring (bicyclic) bond motifs is 3. The predicted octanol–water partition coefficient (Wildman–Crippen LogP) is 2.37. The summed E-state index contributed by atoms with van der Waals surface area (Å²) < 4.78 is 31.0. The zero-order chi connectivity index (χ0) is 21.1. The van der Waals surface area contributed by atoms with Crippen LogP contribution in [0.15, 0.2) is 41.4 Å². The van der Waals surface area contributed by atoms with Gasteiger partial charge in [-0.05, 0) is 43.7 Å². The largest absolute Gasteiger partial charge is 0.487 e. The van der Waals surface area contributed by atoms with Crippen molar-refractivity contribution in [1.29, 1.82) is 0 Å². The molecule has 7 nitrogen and oxygen atoms in total. The summed E-state index contributed by atoms with van der Waals surface area (Å²) >= 11 is 0. The lowest BCUT2D eigenvalue weighted by Crippen LogP contribution is -2.71. The number of rotatable bonds is 3. The molecule has 1 aromatic heterocycles. The number of aliphatic imine (C=N–C) groups is 1. The maximum atomic E-state index is 13.4. The molecule has 0 amide bonds. The number of ketones is 1. The van der Waals surface area contributed by atoms with Gasteiger partial charge in [-0.15, -0.1) is 0 Å². The maximum absolute atomic E-state index is 13.4. The first-order valence-corrected chi connectivity index (χ1v) is 9.80. The van der Waals surface area contributed by atoms with E-state index in [4.69, 9.17) is 24.9 Å². The highest BCUT2D eigenvalue weighted by Gasteiger charge is 2.71. The number of ether oxygens (including phenoxy) is 3. The second-order valence-electron chi connectivity index (χ2n) is 8.56. The molecule has 3 aliphatic heterocycles. The van der Waals surface area contributed by atoms with Gasteiger partial charge in [-0.25, -0.2) is 9.98 Å². The Morgan fingerprint density at radius 3 is 2.63 bits per heavy atom.